The lowest BCUT2D eigenvalue weighted by Gasteiger charge is -2.41. The molecule has 2 aromatic carbocycles. The molecule has 0 radical (unpaired) electrons. The highest BCUT2D eigenvalue weighted by Crippen LogP contribution is 2.49. The highest BCUT2D eigenvalue weighted by atomic mass is 32.1. The number of hydrogen-bond acceptors (Lipinski definition) is 7. The Morgan fingerprint density at radius 3 is 2.53 bits per heavy atom. The number of nitrogens with one attached hydrogen (secondary N) is 1. The lowest BCUT2D eigenvalue weighted by atomic mass is 9.95. The number of fused-ring (bicyclic) bond motifs is 1. The first-order valence-electron chi connectivity index (χ1n) is 14.8. The van der Waals surface area contributed by atoms with Crippen molar-refractivity contribution < 1.29 is 19.1 Å². The number of rotatable bonds is 7. The fourth-order valence-electron chi connectivity index (χ4n) is 5.54. The zero-order valence-corrected chi connectivity index (χ0v) is 26.4. The second-order valence-corrected chi connectivity index (χ2v) is 14.0. The largest absolute Gasteiger partial charge is 0.491 e. The van der Waals surface area contributed by atoms with Crippen LogP contribution >= 0.6 is 11.3 Å². The van der Waals surface area contributed by atoms with Crippen molar-refractivity contribution >= 4 is 34.2 Å². The number of carbonyl (C=O) groups excluding carboxylic acids is 2. The van der Waals surface area contributed by atoms with Crippen LogP contribution in [-0.2, 0) is 10.3 Å². The van der Waals surface area contributed by atoms with Crippen LogP contribution in [0.2, 0.25) is 0 Å². The molecular weight excluding hydrogens is 560 g/mol. The standard InChI is InChI=1S/C34H38N4O4S/c1-20-7-9-25(41-19-24-11-14-38(24)32(40)42-33(4,5)6)17-27(20)31(39)37-34(12-13-34)28-15-23(30-18-35-22(3)43-30)16-29-26(28)10-8-21(2)36-29/h7-10,15-18,24H,11-14,19H2,1-6H3,(H,37,39)/t24-/m0/s1. The van der Waals surface area contributed by atoms with Crippen LogP contribution in [0.5, 0.6) is 5.75 Å². The maximum absolute atomic E-state index is 13.8. The van der Waals surface area contributed by atoms with E-state index in [1.807, 2.05) is 65.9 Å². The number of amides is 2. The van der Waals surface area contributed by atoms with Gasteiger partial charge in [-0.25, -0.2) is 9.78 Å². The number of aromatic nitrogens is 2. The van der Waals surface area contributed by atoms with Gasteiger partial charge in [-0.15, -0.1) is 11.3 Å². The summed E-state index contributed by atoms with van der Waals surface area (Å²) in [5.74, 6) is 0.469. The number of nitrogens with zero attached hydrogens (tertiary/aromatic N) is 3. The van der Waals surface area contributed by atoms with Crippen molar-refractivity contribution in [2.75, 3.05) is 13.2 Å². The number of carbonyl (C=O) groups is 2. The van der Waals surface area contributed by atoms with Crippen molar-refractivity contribution in [3.05, 3.63) is 76.1 Å². The summed E-state index contributed by atoms with van der Waals surface area (Å²) in [6, 6.07) is 14.0. The zero-order chi connectivity index (χ0) is 30.5. The van der Waals surface area contributed by atoms with Crippen molar-refractivity contribution in [1.29, 1.82) is 0 Å². The van der Waals surface area contributed by atoms with Crippen molar-refractivity contribution in [3.63, 3.8) is 0 Å². The molecule has 1 aliphatic carbocycles. The van der Waals surface area contributed by atoms with Crippen molar-refractivity contribution in [2.24, 2.45) is 0 Å². The molecule has 0 bridgehead atoms. The highest BCUT2D eigenvalue weighted by Gasteiger charge is 2.47. The molecule has 0 unspecified atom stereocenters. The summed E-state index contributed by atoms with van der Waals surface area (Å²) in [6.07, 6.45) is 4.14. The number of likely N-dealkylation sites (tertiary alicyclic amines) is 1. The molecule has 1 N–H and O–H groups in total. The predicted molar refractivity (Wildman–Crippen MR) is 169 cm³/mol. The molecule has 6 rings (SSSR count). The fraction of sp³-hybridized carbons (Fsp3) is 0.412. The number of pyridine rings is 1. The number of hydrogen-bond donors (Lipinski definition) is 1. The molecule has 2 fully saturated rings. The van der Waals surface area contributed by atoms with Crippen molar-refractivity contribution in [3.8, 4) is 16.2 Å². The average molecular weight is 599 g/mol. The first-order chi connectivity index (χ1) is 20.4. The summed E-state index contributed by atoms with van der Waals surface area (Å²) < 4.78 is 11.6. The third-order valence-electron chi connectivity index (χ3n) is 8.14. The van der Waals surface area contributed by atoms with Crippen LogP contribution in [-0.4, -0.2) is 51.7 Å². The molecule has 224 valence electrons. The Labute approximate surface area is 256 Å². The van der Waals surface area contributed by atoms with Crippen LogP contribution in [0.15, 0.2) is 48.7 Å². The molecule has 3 heterocycles. The van der Waals surface area contributed by atoms with Crippen molar-refractivity contribution in [1.82, 2.24) is 20.2 Å². The second-order valence-electron chi connectivity index (χ2n) is 12.7. The van der Waals surface area contributed by atoms with E-state index in [4.69, 9.17) is 14.5 Å². The molecule has 2 aromatic heterocycles. The van der Waals surface area contributed by atoms with E-state index in [-0.39, 0.29) is 18.0 Å². The quantitative estimate of drug-likeness (QED) is 0.244. The van der Waals surface area contributed by atoms with Gasteiger partial charge in [-0.05, 0) is 108 Å². The first kappa shape index (κ1) is 29.1. The third kappa shape index (κ3) is 6.09. The molecule has 1 aliphatic heterocycles. The minimum absolute atomic E-state index is 0.0525. The lowest BCUT2D eigenvalue weighted by Crippen LogP contribution is -2.55. The van der Waals surface area contributed by atoms with E-state index < -0.39 is 11.1 Å². The first-order valence-corrected chi connectivity index (χ1v) is 15.6. The van der Waals surface area contributed by atoms with Gasteiger partial charge in [0.05, 0.1) is 27.0 Å². The Hall–Kier alpha value is -3.98. The zero-order valence-electron chi connectivity index (χ0n) is 25.6. The Bertz CT molecular complexity index is 1720. The highest BCUT2D eigenvalue weighted by molar-refractivity contribution is 7.15. The molecule has 2 amide bonds. The monoisotopic (exact) mass is 598 g/mol. The Kier molecular flexibility index (Phi) is 7.40. The molecule has 0 spiro atoms. The van der Waals surface area contributed by atoms with Crippen LogP contribution in [0.25, 0.3) is 21.3 Å². The van der Waals surface area contributed by atoms with E-state index in [1.54, 1.807) is 22.3 Å². The van der Waals surface area contributed by atoms with Gasteiger partial charge in [0.25, 0.3) is 5.91 Å². The maximum atomic E-state index is 13.8. The number of aryl methyl sites for hydroxylation is 3. The Morgan fingerprint density at radius 2 is 1.88 bits per heavy atom. The summed E-state index contributed by atoms with van der Waals surface area (Å²) in [7, 11) is 0. The number of ether oxygens (including phenoxy) is 2. The van der Waals surface area contributed by atoms with E-state index in [1.165, 1.54) is 0 Å². The summed E-state index contributed by atoms with van der Waals surface area (Å²) in [5.41, 5.74) is 4.46. The second kappa shape index (κ2) is 10.9. The molecule has 1 atom stereocenters. The van der Waals surface area contributed by atoms with Crippen LogP contribution < -0.4 is 10.1 Å². The summed E-state index contributed by atoms with van der Waals surface area (Å²) in [5, 5.41) is 5.45. The molecule has 1 saturated heterocycles. The number of thiazole rings is 1. The smallest absolute Gasteiger partial charge is 0.410 e. The van der Waals surface area contributed by atoms with E-state index in [9.17, 15) is 9.59 Å². The molecular formula is C34H38N4O4S. The molecule has 2 aliphatic rings. The minimum Gasteiger partial charge on any atom is -0.491 e. The summed E-state index contributed by atoms with van der Waals surface area (Å²) >= 11 is 1.65. The van der Waals surface area contributed by atoms with Gasteiger partial charge >= 0.3 is 6.09 Å². The molecule has 4 aromatic rings. The SMILES string of the molecule is Cc1ccc2c(C3(NC(=O)c4cc(OC[C@@H]5CCN5C(=O)OC(C)(C)C)ccc4C)CC3)cc(-c3cnc(C)s3)cc2n1. The van der Waals surface area contributed by atoms with E-state index in [2.05, 4.69) is 28.5 Å². The lowest BCUT2D eigenvalue weighted by molar-refractivity contribution is -0.0141. The molecule has 43 heavy (non-hydrogen) atoms. The van der Waals surface area contributed by atoms with Gasteiger partial charge in [-0.2, -0.15) is 0 Å². The minimum atomic E-state index is -0.542. The van der Waals surface area contributed by atoms with Gasteiger partial charge in [0, 0.05) is 29.4 Å². The van der Waals surface area contributed by atoms with E-state index >= 15 is 0 Å². The normalized spacial score (nSPS) is 17.3. The summed E-state index contributed by atoms with van der Waals surface area (Å²) in [6.45, 7) is 12.5. The summed E-state index contributed by atoms with van der Waals surface area (Å²) in [4.78, 5) is 38.4. The number of benzene rings is 2. The van der Waals surface area contributed by atoms with Gasteiger partial charge in [0.15, 0.2) is 0 Å². The van der Waals surface area contributed by atoms with Gasteiger partial charge in [0.2, 0.25) is 0 Å². The molecule has 9 heteroatoms. The van der Waals surface area contributed by atoms with Gasteiger partial charge in [0.1, 0.15) is 18.0 Å². The maximum Gasteiger partial charge on any atom is 0.410 e. The average Bonchev–Trinajstić information content (AvgIpc) is 3.56. The predicted octanol–water partition coefficient (Wildman–Crippen LogP) is 7.09. The van der Waals surface area contributed by atoms with Crippen LogP contribution in [0.1, 0.15) is 72.2 Å². The van der Waals surface area contributed by atoms with E-state index in [0.717, 1.165) is 62.4 Å². The molecule has 8 nitrogen and oxygen atoms in total. The van der Waals surface area contributed by atoms with Crippen LogP contribution in [0.3, 0.4) is 0 Å². The topological polar surface area (TPSA) is 93.7 Å². The van der Waals surface area contributed by atoms with Crippen LogP contribution in [0.4, 0.5) is 4.79 Å². The van der Waals surface area contributed by atoms with E-state index in [0.29, 0.717) is 24.5 Å². The fourth-order valence-corrected chi connectivity index (χ4v) is 6.31. The Balaban J connectivity index is 1.21. The van der Waals surface area contributed by atoms with Gasteiger partial charge < -0.3 is 19.7 Å². The van der Waals surface area contributed by atoms with Crippen LogP contribution in [0, 0.1) is 20.8 Å². The Morgan fingerprint density at radius 1 is 1.09 bits per heavy atom. The third-order valence-corrected chi connectivity index (χ3v) is 9.10. The molecule has 1 saturated carbocycles. The van der Waals surface area contributed by atoms with Crippen molar-refractivity contribution in [2.45, 2.75) is 78.0 Å². The van der Waals surface area contributed by atoms with Gasteiger partial charge in [-0.1, -0.05) is 12.1 Å². The van der Waals surface area contributed by atoms with Gasteiger partial charge in [-0.3, -0.25) is 9.78 Å².